The summed E-state index contributed by atoms with van der Waals surface area (Å²) in [5.41, 5.74) is 3.60. The van der Waals surface area contributed by atoms with Gasteiger partial charge >= 0.3 is 5.97 Å². The van der Waals surface area contributed by atoms with Gasteiger partial charge in [0.2, 0.25) is 0 Å². The maximum absolute atomic E-state index is 11.6. The Labute approximate surface area is 137 Å². The number of carbonyl (C=O) groups is 1. The van der Waals surface area contributed by atoms with E-state index in [0.717, 1.165) is 28.1 Å². The Kier molecular flexibility index (Phi) is 3.70. The zero-order valence-corrected chi connectivity index (χ0v) is 14.0. The Hall–Kier alpha value is -1.85. The lowest BCUT2D eigenvalue weighted by Crippen LogP contribution is -2.05. The number of carboxylic acid groups (broad SMARTS) is 1. The Morgan fingerprint density at radius 3 is 2.73 bits per heavy atom. The van der Waals surface area contributed by atoms with Crippen LogP contribution in [0.25, 0.3) is 16.2 Å². The molecule has 0 amide bonds. The molecule has 0 unspecified atom stereocenters. The van der Waals surface area contributed by atoms with Crippen LogP contribution in [0.15, 0.2) is 18.2 Å². The van der Waals surface area contributed by atoms with Crippen LogP contribution in [0.3, 0.4) is 0 Å². The number of aromatic nitrogens is 2. The summed E-state index contributed by atoms with van der Waals surface area (Å²) < 4.78 is 1.75. The van der Waals surface area contributed by atoms with Crippen LogP contribution >= 0.6 is 22.9 Å². The van der Waals surface area contributed by atoms with Crippen molar-refractivity contribution in [3.05, 3.63) is 45.1 Å². The molecule has 2 heterocycles. The van der Waals surface area contributed by atoms with Gasteiger partial charge in [0.05, 0.1) is 11.4 Å². The molecule has 0 saturated heterocycles. The van der Waals surface area contributed by atoms with E-state index in [1.807, 2.05) is 25.1 Å². The third-order valence-corrected chi connectivity index (χ3v) is 5.29. The number of rotatable bonds is 3. The molecule has 3 aromatic rings. The quantitative estimate of drug-likeness (QED) is 0.762. The molecular formula is C16H15ClN2O2S. The summed E-state index contributed by atoms with van der Waals surface area (Å²) >= 11 is 7.65. The molecule has 0 fully saturated rings. The Bertz CT molecular complexity index is 895. The predicted octanol–water partition coefficient (Wildman–Crippen LogP) is 4.59. The van der Waals surface area contributed by atoms with Crippen molar-refractivity contribution >= 4 is 33.9 Å². The van der Waals surface area contributed by atoms with E-state index in [-0.39, 0.29) is 5.69 Å². The van der Waals surface area contributed by atoms with Crippen molar-refractivity contribution < 1.29 is 9.90 Å². The second kappa shape index (κ2) is 5.41. The molecule has 0 atom stereocenters. The summed E-state index contributed by atoms with van der Waals surface area (Å²) in [6, 6.07) is 5.76. The number of aromatic carboxylic acids is 1. The number of benzene rings is 1. The number of hydrogen-bond acceptors (Lipinski definition) is 3. The Morgan fingerprint density at radius 2 is 2.14 bits per heavy atom. The first-order valence-electron chi connectivity index (χ1n) is 6.94. The highest BCUT2D eigenvalue weighted by Gasteiger charge is 2.23. The van der Waals surface area contributed by atoms with Crippen LogP contribution in [0, 0.1) is 13.8 Å². The highest BCUT2D eigenvalue weighted by molar-refractivity contribution is 7.17. The fourth-order valence-electron chi connectivity index (χ4n) is 2.64. The minimum Gasteiger partial charge on any atom is -0.477 e. The third-order valence-electron chi connectivity index (χ3n) is 3.68. The maximum atomic E-state index is 11.6. The van der Waals surface area contributed by atoms with Gasteiger partial charge in [0.1, 0.15) is 0 Å². The summed E-state index contributed by atoms with van der Waals surface area (Å²) in [5, 5.41) is 10.2. The fraction of sp³-hybridized carbons (Fsp3) is 0.250. The zero-order chi connectivity index (χ0) is 16.0. The zero-order valence-electron chi connectivity index (χ0n) is 12.5. The molecule has 4 nitrogen and oxygen atoms in total. The monoisotopic (exact) mass is 334 g/mol. The number of fused-ring (bicyclic) bond motifs is 1. The molecule has 0 radical (unpaired) electrons. The maximum Gasteiger partial charge on any atom is 0.354 e. The molecule has 114 valence electrons. The first kappa shape index (κ1) is 15.1. The predicted molar refractivity (Wildman–Crippen MR) is 89.3 cm³/mol. The van der Waals surface area contributed by atoms with Gasteiger partial charge in [-0.25, -0.2) is 9.78 Å². The summed E-state index contributed by atoms with van der Waals surface area (Å²) in [6.07, 6.45) is 0.823. The molecule has 0 aliphatic heterocycles. The highest BCUT2D eigenvalue weighted by Crippen LogP contribution is 2.35. The molecule has 3 rings (SSSR count). The number of nitrogens with zero attached hydrogens (tertiary/aromatic N) is 2. The van der Waals surface area contributed by atoms with Crippen LogP contribution in [0.1, 0.15) is 33.5 Å². The van der Waals surface area contributed by atoms with E-state index in [0.29, 0.717) is 15.7 Å². The molecular weight excluding hydrogens is 320 g/mol. The average Bonchev–Trinajstić information content (AvgIpc) is 2.95. The van der Waals surface area contributed by atoms with E-state index >= 15 is 0 Å². The molecule has 0 bridgehead atoms. The van der Waals surface area contributed by atoms with Crippen molar-refractivity contribution in [1.29, 1.82) is 0 Å². The normalized spacial score (nSPS) is 11.3. The number of aryl methyl sites for hydroxylation is 3. The van der Waals surface area contributed by atoms with Crippen molar-refractivity contribution in [1.82, 2.24) is 9.38 Å². The molecule has 0 saturated carbocycles. The van der Waals surface area contributed by atoms with Gasteiger partial charge < -0.3 is 5.11 Å². The van der Waals surface area contributed by atoms with Gasteiger partial charge in [0.25, 0.3) is 0 Å². The molecule has 1 aromatic carbocycles. The fourth-order valence-corrected chi connectivity index (χ4v) is 3.88. The summed E-state index contributed by atoms with van der Waals surface area (Å²) in [5.74, 6) is -0.961. The summed E-state index contributed by atoms with van der Waals surface area (Å²) in [4.78, 5) is 17.9. The van der Waals surface area contributed by atoms with E-state index in [1.165, 1.54) is 11.3 Å². The minimum atomic E-state index is -0.961. The van der Waals surface area contributed by atoms with Crippen LogP contribution < -0.4 is 0 Å². The lowest BCUT2D eigenvalue weighted by Gasteiger charge is -2.07. The molecule has 22 heavy (non-hydrogen) atoms. The third kappa shape index (κ3) is 2.21. The van der Waals surface area contributed by atoms with Crippen LogP contribution in [-0.2, 0) is 6.42 Å². The van der Waals surface area contributed by atoms with Crippen molar-refractivity contribution in [2.75, 3.05) is 0 Å². The van der Waals surface area contributed by atoms with Crippen LogP contribution in [0.5, 0.6) is 0 Å². The van der Waals surface area contributed by atoms with Crippen LogP contribution in [0.4, 0.5) is 0 Å². The minimum absolute atomic E-state index is 0.230. The lowest BCUT2D eigenvalue weighted by atomic mass is 10.1. The van der Waals surface area contributed by atoms with Gasteiger partial charge in [0.15, 0.2) is 10.7 Å². The topological polar surface area (TPSA) is 54.6 Å². The molecule has 0 spiro atoms. The standard InChI is InChI=1S/C16H15ClN2O2S/c1-4-12-14(10-5-6-11(17)8(2)7-10)19-13(15(20)21)9(3)18-16(19)22-12/h5-7H,4H2,1-3H3,(H,20,21). The molecule has 2 aromatic heterocycles. The first-order chi connectivity index (χ1) is 10.4. The van der Waals surface area contributed by atoms with Gasteiger partial charge in [-0.2, -0.15) is 0 Å². The van der Waals surface area contributed by atoms with E-state index in [9.17, 15) is 9.90 Å². The second-order valence-corrected chi connectivity index (χ2v) is 6.63. The number of imidazole rings is 1. The van der Waals surface area contributed by atoms with Crippen LogP contribution in [-0.4, -0.2) is 20.5 Å². The summed E-state index contributed by atoms with van der Waals surface area (Å²) in [7, 11) is 0. The lowest BCUT2D eigenvalue weighted by molar-refractivity contribution is 0.0688. The van der Waals surface area contributed by atoms with E-state index in [2.05, 4.69) is 11.9 Å². The van der Waals surface area contributed by atoms with E-state index in [4.69, 9.17) is 11.6 Å². The molecule has 0 aliphatic rings. The first-order valence-corrected chi connectivity index (χ1v) is 8.14. The van der Waals surface area contributed by atoms with Gasteiger partial charge in [-0.05, 0) is 38.0 Å². The van der Waals surface area contributed by atoms with Gasteiger partial charge in [-0.15, -0.1) is 11.3 Å². The van der Waals surface area contributed by atoms with E-state index < -0.39 is 5.97 Å². The average molecular weight is 335 g/mol. The van der Waals surface area contributed by atoms with Crippen LogP contribution in [0.2, 0.25) is 5.02 Å². The van der Waals surface area contributed by atoms with Crippen molar-refractivity contribution in [2.45, 2.75) is 27.2 Å². The number of carboxylic acids is 1. The Balaban J connectivity index is 2.39. The smallest absolute Gasteiger partial charge is 0.354 e. The van der Waals surface area contributed by atoms with Gasteiger partial charge in [-0.3, -0.25) is 4.40 Å². The summed E-state index contributed by atoms with van der Waals surface area (Å²) in [6.45, 7) is 5.73. The molecule has 1 N–H and O–H groups in total. The van der Waals surface area contributed by atoms with Crippen molar-refractivity contribution in [3.63, 3.8) is 0 Å². The largest absolute Gasteiger partial charge is 0.477 e. The second-order valence-electron chi connectivity index (χ2n) is 5.16. The van der Waals surface area contributed by atoms with E-state index in [1.54, 1.807) is 11.3 Å². The number of thiazole rings is 1. The molecule has 6 heteroatoms. The Morgan fingerprint density at radius 1 is 1.41 bits per heavy atom. The SMILES string of the molecule is CCc1sc2nc(C)c(C(=O)O)n2c1-c1ccc(Cl)c(C)c1. The van der Waals surface area contributed by atoms with Crippen molar-refractivity contribution in [2.24, 2.45) is 0 Å². The van der Waals surface area contributed by atoms with Gasteiger partial charge in [0, 0.05) is 15.5 Å². The highest BCUT2D eigenvalue weighted by atomic mass is 35.5. The van der Waals surface area contributed by atoms with Gasteiger partial charge in [-0.1, -0.05) is 24.6 Å². The number of halogens is 1. The van der Waals surface area contributed by atoms with Crippen molar-refractivity contribution in [3.8, 4) is 11.3 Å². The number of hydrogen-bond donors (Lipinski definition) is 1. The molecule has 0 aliphatic carbocycles.